The molecular formula is C96H61NS2. The molecule has 462 valence electrons. The number of allylic oxidation sites excluding steroid dienone is 4. The maximum atomic E-state index is 2.55. The summed E-state index contributed by atoms with van der Waals surface area (Å²) in [7, 11) is 0. The summed E-state index contributed by atoms with van der Waals surface area (Å²) in [6.45, 7) is 0. The Labute approximate surface area is 582 Å². The zero-order valence-corrected chi connectivity index (χ0v) is 55.7. The number of rotatable bonds is 10. The largest absolute Gasteiger partial charge is 0.310 e. The SMILES string of the molecule is C1=CC(c2ccc3c4ccccc4c4ccccc4c3c2)CC=C1n1c2ccc(-c3cc(-c4ccccc4)cc4c3sc3c(-c5ccccc5)cc(-c5ccccc5)cc34)cc2c2cc(-c3cc(-c4ccccc4)cc4c3sc3c(-c5ccccc5)cc(-c5ccccc5)cc34)ccc21. The molecule has 1 nitrogen and oxygen atoms in total. The van der Waals surface area contributed by atoms with Crippen molar-refractivity contribution < 1.29 is 0 Å². The Morgan fingerprint density at radius 1 is 0.232 bits per heavy atom. The van der Waals surface area contributed by atoms with Gasteiger partial charge in [-0.05, 0) is 196 Å². The fourth-order valence-electron chi connectivity index (χ4n) is 16.1. The fraction of sp³-hybridized carbons (Fsp3) is 0.0208. The van der Waals surface area contributed by atoms with Gasteiger partial charge in [-0.1, -0.05) is 267 Å². The molecule has 16 aromatic carbocycles. The van der Waals surface area contributed by atoms with Crippen molar-refractivity contribution >= 4 is 123 Å². The smallest absolute Gasteiger partial charge is 0.0541 e. The Morgan fingerprint density at radius 3 is 0.899 bits per heavy atom. The second-order valence-corrected chi connectivity index (χ2v) is 28.6. The van der Waals surface area contributed by atoms with Crippen LogP contribution in [0.3, 0.4) is 0 Å². The molecule has 0 amide bonds. The Balaban J connectivity index is 0.813. The van der Waals surface area contributed by atoms with E-state index in [2.05, 4.69) is 356 Å². The first-order chi connectivity index (χ1) is 49.1. The van der Waals surface area contributed by atoms with Gasteiger partial charge in [0.1, 0.15) is 0 Å². The summed E-state index contributed by atoms with van der Waals surface area (Å²) in [4.78, 5) is 0. The van der Waals surface area contributed by atoms with E-state index >= 15 is 0 Å². The molecule has 19 aromatic rings. The minimum atomic E-state index is 0.216. The Kier molecular flexibility index (Phi) is 13.5. The third-order valence-corrected chi connectivity index (χ3v) is 23.4. The van der Waals surface area contributed by atoms with Crippen molar-refractivity contribution in [3.05, 3.63) is 357 Å². The van der Waals surface area contributed by atoms with E-state index < -0.39 is 0 Å². The van der Waals surface area contributed by atoms with Crippen LogP contribution >= 0.6 is 22.7 Å². The lowest BCUT2D eigenvalue weighted by Crippen LogP contribution is -2.03. The van der Waals surface area contributed by atoms with Crippen LogP contribution < -0.4 is 0 Å². The van der Waals surface area contributed by atoms with E-state index in [9.17, 15) is 0 Å². The van der Waals surface area contributed by atoms with Crippen molar-refractivity contribution in [3.63, 3.8) is 0 Å². The highest BCUT2D eigenvalue weighted by Gasteiger charge is 2.25. The molecule has 0 N–H and O–H groups in total. The number of fused-ring (bicyclic) bond motifs is 15. The van der Waals surface area contributed by atoms with Crippen LogP contribution in [0.25, 0.3) is 189 Å². The van der Waals surface area contributed by atoms with Gasteiger partial charge in [-0.3, -0.25) is 0 Å². The summed E-state index contributed by atoms with van der Waals surface area (Å²) < 4.78 is 7.70. The van der Waals surface area contributed by atoms with Crippen molar-refractivity contribution in [2.24, 2.45) is 0 Å². The third kappa shape index (κ3) is 9.64. The van der Waals surface area contributed by atoms with Crippen LogP contribution in [0.1, 0.15) is 17.9 Å². The quantitative estimate of drug-likeness (QED) is 0.120. The van der Waals surface area contributed by atoms with Gasteiger partial charge in [-0.15, -0.1) is 22.7 Å². The molecule has 3 heteroatoms. The minimum Gasteiger partial charge on any atom is -0.310 e. The monoisotopic (exact) mass is 1290 g/mol. The van der Waals surface area contributed by atoms with E-state index in [-0.39, 0.29) is 5.92 Å². The average Bonchev–Trinajstić information content (AvgIpc) is 1.65. The molecule has 1 aliphatic rings. The van der Waals surface area contributed by atoms with Crippen LogP contribution in [-0.4, -0.2) is 4.57 Å². The standard InChI is InChI=1S/C96H61NS2/c1-7-23-60(24-8-1)70-52-80(65-31-15-5-16-32-65)93-87(56-70)89-58-72(62-27-11-3-12-28-62)54-82(95(89)98-93)68-42-47-91-85(50-68)86-51-69(43-48-92(86)97(91)74-44-39-64(40-45-74)67-41-46-79-77-37-20-19-35-75(77)76-36-21-22-38-78(76)84(79)49-67)83-55-73(63-29-13-4-14-30-63)59-90-88-57-71(61-25-9-2-10-26-61)53-81(94(88)99-96(83)90)66-33-17-6-18-34-66/h1-39,41-59,64H,40H2. The zero-order chi connectivity index (χ0) is 65.1. The minimum absolute atomic E-state index is 0.216. The highest BCUT2D eigenvalue weighted by atomic mass is 32.1. The van der Waals surface area contributed by atoms with Crippen molar-refractivity contribution in [2.45, 2.75) is 12.3 Å². The van der Waals surface area contributed by atoms with E-state index in [0.717, 1.165) is 6.42 Å². The Morgan fingerprint density at radius 2 is 0.545 bits per heavy atom. The van der Waals surface area contributed by atoms with Gasteiger partial charge >= 0.3 is 0 Å². The first-order valence-electron chi connectivity index (χ1n) is 34.3. The van der Waals surface area contributed by atoms with E-state index in [4.69, 9.17) is 0 Å². The Bertz CT molecular complexity index is 6180. The topological polar surface area (TPSA) is 4.93 Å². The lowest BCUT2D eigenvalue weighted by molar-refractivity contribution is 0.852. The van der Waals surface area contributed by atoms with Crippen LogP contribution in [0.15, 0.2) is 352 Å². The Hall–Kier alpha value is -12.0. The van der Waals surface area contributed by atoms with Crippen LogP contribution in [0.4, 0.5) is 0 Å². The predicted molar refractivity (Wildman–Crippen MR) is 428 cm³/mol. The zero-order valence-electron chi connectivity index (χ0n) is 54.0. The normalized spacial score (nSPS) is 13.3. The molecule has 20 rings (SSSR count). The molecule has 0 aliphatic heterocycles. The summed E-state index contributed by atoms with van der Waals surface area (Å²) in [5, 5.41) is 15.3. The summed E-state index contributed by atoms with van der Waals surface area (Å²) in [6.07, 6.45) is 8.22. The molecule has 0 bridgehead atoms. The second-order valence-electron chi connectivity index (χ2n) is 26.5. The second kappa shape index (κ2) is 23.4. The van der Waals surface area contributed by atoms with Crippen molar-refractivity contribution in [2.75, 3.05) is 0 Å². The number of hydrogen-bond acceptors (Lipinski definition) is 2. The number of aromatic nitrogens is 1. The summed E-state index contributed by atoms with van der Waals surface area (Å²) >= 11 is 3.85. The molecule has 1 aliphatic carbocycles. The van der Waals surface area contributed by atoms with Crippen LogP contribution in [0.5, 0.6) is 0 Å². The third-order valence-electron chi connectivity index (χ3n) is 20.9. The highest BCUT2D eigenvalue weighted by Crippen LogP contribution is 2.52. The van der Waals surface area contributed by atoms with Gasteiger partial charge in [0.15, 0.2) is 0 Å². The van der Waals surface area contributed by atoms with E-state index in [1.165, 1.54) is 195 Å². The lowest BCUT2D eigenvalue weighted by Gasteiger charge is -2.20. The van der Waals surface area contributed by atoms with Gasteiger partial charge in [0, 0.05) is 85.0 Å². The van der Waals surface area contributed by atoms with Gasteiger partial charge in [0.2, 0.25) is 0 Å². The van der Waals surface area contributed by atoms with Crippen molar-refractivity contribution in [3.8, 4) is 89.0 Å². The van der Waals surface area contributed by atoms with Gasteiger partial charge in [0.05, 0.1) is 11.0 Å². The molecule has 0 saturated carbocycles. The van der Waals surface area contributed by atoms with Gasteiger partial charge in [-0.25, -0.2) is 0 Å². The molecule has 1 atom stereocenters. The highest BCUT2D eigenvalue weighted by molar-refractivity contribution is 7.27. The number of benzene rings is 16. The van der Waals surface area contributed by atoms with Gasteiger partial charge in [-0.2, -0.15) is 0 Å². The molecule has 99 heavy (non-hydrogen) atoms. The van der Waals surface area contributed by atoms with Crippen molar-refractivity contribution in [1.29, 1.82) is 0 Å². The van der Waals surface area contributed by atoms with Crippen LogP contribution in [0.2, 0.25) is 0 Å². The van der Waals surface area contributed by atoms with Crippen molar-refractivity contribution in [1.82, 2.24) is 4.57 Å². The first kappa shape index (κ1) is 57.3. The number of hydrogen-bond donors (Lipinski definition) is 0. The maximum absolute atomic E-state index is 2.55. The molecule has 0 spiro atoms. The molecule has 3 heterocycles. The lowest BCUT2D eigenvalue weighted by atomic mass is 9.87. The average molecular weight is 1290 g/mol. The number of nitrogens with zero attached hydrogens (tertiary/aromatic N) is 1. The van der Waals surface area contributed by atoms with Gasteiger partial charge < -0.3 is 4.57 Å². The van der Waals surface area contributed by atoms with E-state index in [1.54, 1.807) is 0 Å². The summed E-state index contributed by atoms with van der Waals surface area (Å²) in [5.41, 5.74) is 24.3. The number of thiophene rings is 2. The summed E-state index contributed by atoms with van der Waals surface area (Å²) in [6, 6.07) is 125. The fourth-order valence-corrected chi connectivity index (χ4v) is 18.7. The maximum Gasteiger partial charge on any atom is 0.0541 e. The van der Waals surface area contributed by atoms with Crippen LogP contribution in [-0.2, 0) is 0 Å². The molecule has 0 radical (unpaired) electrons. The molecule has 1 unspecified atom stereocenters. The predicted octanol–water partition coefficient (Wildman–Crippen LogP) is 27.9. The van der Waals surface area contributed by atoms with E-state index in [1.807, 2.05) is 22.7 Å². The molecule has 3 aromatic heterocycles. The van der Waals surface area contributed by atoms with E-state index in [0.29, 0.717) is 0 Å². The molecule has 0 saturated heterocycles. The summed E-state index contributed by atoms with van der Waals surface area (Å²) in [5.74, 6) is 0.216. The first-order valence-corrected chi connectivity index (χ1v) is 35.9. The molecule has 0 fully saturated rings. The van der Waals surface area contributed by atoms with Gasteiger partial charge in [0.25, 0.3) is 0 Å². The molecular weight excluding hydrogens is 1230 g/mol. The van der Waals surface area contributed by atoms with Crippen LogP contribution in [0, 0.1) is 0 Å².